The summed E-state index contributed by atoms with van der Waals surface area (Å²) in [6.07, 6.45) is 4.44. The summed E-state index contributed by atoms with van der Waals surface area (Å²) < 4.78 is 5.31. The van der Waals surface area contributed by atoms with Crippen LogP contribution in [-0.4, -0.2) is 60.0 Å². The highest BCUT2D eigenvalue weighted by molar-refractivity contribution is 7.98. The summed E-state index contributed by atoms with van der Waals surface area (Å²) in [5, 5.41) is 9.76. The van der Waals surface area contributed by atoms with Crippen molar-refractivity contribution in [3.63, 3.8) is 0 Å². The van der Waals surface area contributed by atoms with Gasteiger partial charge in [0.25, 0.3) is 0 Å². The van der Waals surface area contributed by atoms with E-state index in [0.717, 1.165) is 6.54 Å². The summed E-state index contributed by atoms with van der Waals surface area (Å²) in [5.74, 6) is 1.18. The van der Waals surface area contributed by atoms with Gasteiger partial charge in [0.05, 0.1) is 25.4 Å². The van der Waals surface area contributed by atoms with Crippen molar-refractivity contribution in [2.75, 3.05) is 31.8 Å². The Labute approximate surface area is 89.8 Å². The van der Waals surface area contributed by atoms with Crippen LogP contribution in [0.25, 0.3) is 0 Å². The molecule has 0 aliphatic carbocycles. The third kappa shape index (κ3) is 2.08. The molecule has 0 saturated carbocycles. The lowest BCUT2D eigenvalue weighted by molar-refractivity contribution is 0.0795. The normalized spacial score (nSPS) is 39.4. The lowest BCUT2D eigenvalue weighted by Gasteiger charge is -2.30. The molecule has 82 valence electrons. The van der Waals surface area contributed by atoms with E-state index in [9.17, 15) is 5.11 Å². The predicted octanol–water partition coefficient (Wildman–Crippen LogP) is 0.574. The molecular weight excluding hydrogens is 198 g/mol. The zero-order chi connectivity index (χ0) is 9.97. The number of ether oxygens (including phenoxy) is 1. The molecule has 3 atom stereocenters. The molecule has 0 spiro atoms. The van der Waals surface area contributed by atoms with Crippen molar-refractivity contribution in [2.24, 2.45) is 0 Å². The standard InChI is InChI=1S/C10H19NO2S/c1-14-7-8-3-2-4-11(8)9-5-13-6-10(9)12/h8-10,12H,2-7H2,1H3. The van der Waals surface area contributed by atoms with Crippen LogP contribution in [0.1, 0.15) is 12.8 Å². The van der Waals surface area contributed by atoms with Gasteiger partial charge in [-0.2, -0.15) is 11.8 Å². The topological polar surface area (TPSA) is 32.7 Å². The van der Waals surface area contributed by atoms with Crippen LogP contribution >= 0.6 is 11.8 Å². The first-order valence-corrected chi connectivity index (χ1v) is 6.73. The van der Waals surface area contributed by atoms with Crippen LogP contribution in [0, 0.1) is 0 Å². The van der Waals surface area contributed by atoms with Crippen molar-refractivity contribution in [1.82, 2.24) is 4.90 Å². The molecule has 0 aromatic carbocycles. The van der Waals surface area contributed by atoms with Crippen LogP contribution in [0.2, 0.25) is 0 Å². The molecule has 2 saturated heterocycles. The number of nitrogens with zero attached hydrogens (tertiary/aromatic N) is 1. The first-order chi connectivity index (χ1) is 6.83. The van der Waals surface area contributed by atoms with Crippen molar-refractivity contribution in [3.8, 4) is 0 Å². The molecule has 3 unspecified atom stereocenters. The molecule has 2 aliphatic heterocycles. The zero-order valence-corrected chi connectivity index (χ0v) is 9.50. The lowest BCUT2D eigenvalue weighted by atomic mass is 10.1. The van der Waals surface area contributed by atoms with E-state index in [1.165, 1.54) is 18.6 Å². The van der Waals surface area contributed by atoms with Crippen molar-refractivity contribution in [1.29, 1.82) is 0 Å². The molecule has 2 rings (SSSR count). The van der Waals surface area contributed by atoms with E-state index < -0.39 is 0 Å². The Bertz CT molecular complexity index is 191. The second kappa shape index (κ2) is 4.84. The van der Waals surface area contributed by atoms with Gasteiger partial charge in [0.1, 0.15) is 0 Å². The van der Waals surface area contributed by atoms with Gasteiger partial charge in [0.15, 0.2) is 0 Å². The van der Waals surface area contributed by atoms with Gasteiger partial charge >= 0.3 is 0 Å². The monoisotopic (exact) mass is 217 g/mol. The molecule has 0 amide bonds. The van der Waals surface area contributed by atoms with Gasteiger partial charge in [0, 0.05) is 11.8 Å². The SMILES string of the molecule is CSCC1CCCN1C1COCC1O. The van der Waals surface area contributed by atoms with Crippen LogP contribution in [-0.2, 0) is 4.74 Å². The van der Waals surface area contributed by atoms with E-state index in [1.54, 1.807) is 0 Å². The van der Waals surface area contributed by atoms with Gasteiger partial charge in [0.2, 0.25) is 0 Å². The fraction of sp³-hybridized carbons (Fsp3) is 1.00. The molecule has 0 bridgehead atoms. The van der Waals surface area contributed by atoms with Crippen LogP contribution in [0.5, 0.6) is 0 Å². The summed E-state index contributed by atoms with van der Waals surface area (Å²) in [7, 11) is 0. The van der Waals surface area contributed by atoms with Crippen LogP contribution in [0.15, 0.2) is 0 Å². The summed E-state index contributed by atoms with van der Waals surface area (Å²) in [4.78, 5) is 2.45. The smallest absolute Gasteiger partial charge is 0.0950 e. The zero-order valence-electron chi connectivity index (χ0n) is 8.69. The molecule has 0 aromatic heterocycles. The molecule has 1 N–H and O–H groups in total. The molecular formula is C10H19NO2S. The van der Waals surface area contributed by atoms with E-state index in [0.29, 0.717) is 19.3 Å². The van der Waals surface area contributed by atoms with Gasteiger partial charge in [-0.25, -0.2) is 0 Å². The van der Waals surface area contributed by atoms with E-state index in [2.05, 4.69) is 11.2 Å². The van der Waals surface area contributed by atoms with Crippen LogP contribution in [0.4, 0.5) is 0 Å². The number of rotatable bonds is 3. The highest BCUT2D eigenvalue weighted by atomic mass is 32.2. The third-order valence-corrected chi connectivity index (χ3v) is 3.95. The van der Waals surface area contributed by atoms with E-state index in [-0.39, 0.29) is 12.1 Å². The molecule has 3 nitrogen and oxygen atoms in total. The van der Waals surface area contributed by atoms with Gasteiger partial charge < -0.3 is 9.84 Å². The number of aliphatic hydroxyl groups excluding tert-OH is 1. The maximum Gasteiger partial charge on any atom is 0.0950 e. The van der Waals surface area contributed by atoms with Gasteiger partial charge in [-0.3, -0.25) is 4.90 Å². The molecule has 2 aliphatic rings. The van der Waals surface area contributed by atoms with Crippen molar-refractivity contribution in [2.45, 2.75) is 31.0 Å². The molecule has 0 radical (unpaired) electrons. The summed E-state index contributed by atoms with van der Waals surface area (Å²) in [6, 6.07) is 0.918. The number of aliphatic hydroxyl groups is 1. The molecule has 4 heteroatoms. The molecule has 14 heavy (non-hydrogen) atoms. The summed E-state index contributed by atoms with van der Waals surface area (Å²) in [5.41, 5.74) is 0. The second-order valence-corrected chi connectivity index (χ2v) is 5.07. The highest BCUT2D eigenvalue weighted by Gasteiger charge is 2.37. The van der Waals surface area contributed by atoms with Crippen LogP contribution in [0.3, 0.4) is 0 Å². The fourth-order valence-electron chi connectivity index (χ4n) is 2.51. The van der Waals surface area contributed by atoms with Crippen molar-refractivity contribution in [3.05, 3.63) is 0 Å². The summed E-state index contributed by atoms with van der Waals surface area (Å²) >= 11 is 1.90. The maximum atomic E-state index is 9.76. The Kier molecular flexibility index (Phi) is 3.71. The van der Waals surface area contributed by atoms with Crippen molar-refractivity contribution >= 4 is 11.8 Å². The van der Waals surface area contributed by atoms with Crippen LogP contribution < -0.4 is 0 Å². The first-order valence-electron chi connectivity index (χ1n) is 5.33. The minimum atomic E-state index is -0.266. The van der Waals surface area contributed by atoms with E-state index in [1.807, 2.05) is 11.8 Å². The quantitative estimate of drug-likeness (QED) is 0.749. The number of thioether (sulfide) groups is 1. The molecule has 2 heterocycles. The lowest BCUT2D eigenvalue weighted by Crippen LogP contribution is -2.46. The molecule has 0 aromatic rings. The Morgan fingerprint density at radius 1 is 1.50 bits per heavy atom. The predicted molar refractivity (Wildman–Crippen MR) is 58.7 cm³/mol. The largest absolute Gasteiger partial charge is 0.389 e. The van der Waals surface area contributed by atoms with E-state index >= 15 is 0 Å². The van der Waals surface area contributed by atoms with E-state index in [4.69, 9.17) is 4.74 Å². The third-order valence-electron chi connectivity index (χ3n) is 3.23. The van der Waals surface area contributed by atoms with Gasteiger partial charge in [-0.1, -0.05) is 0 Å². The van der Waals surface area contributed by atoms with Gasteiger partial charge in [-0.05, 0) is 25.6 Å². The Morgan fingerprint density at radius 3 is 3.00 bits per heavy atom. The molecule has 2 fully saturated rings. The Balaban J connectivity index is 1.94. The summed E-state index contributed by atoms with van der Waals surface area (Å²) in [6.45, 7) is 2.37. The number of likely N-dealkylation sites (tertiary alicyclic amines) is 1. The minimum Gasteiger partial charge on any atom is -0.389 e. The average molecular weight is 217 g/mol. The van der Waals surface area contributed by atoms with Gasteiger partial charge in [-0.15, -0.1) is 0 Å². The second-order valence-electron chi connectivity index (χ2n) is 4.16. The number of hydrogen-bond donors (Lipinski definition) is 1. The Hall–Kier alpha value is 0.230. The Morgan fingerprint density at radius 2 is 2.36 bits per heavy atom. The highest BCUT2D eigenvalue weighted by Crippen LogP contribution is 2.26. The van der Waals surface area contributed by atoms with Crippen molar-refractivity contribution < 1.29 is 9.84 Å². The average Bonchev–Trinajstić information content (AvgIpc) is 2.74. The first kappa shape index (κ1) is 10.7. The number of hydrogen-bond acceptors (Lipinski definition) is 4. The minimum absolute atomic E-state index is 0.259. The fourth-order valence-corrected chi connectivity index (χ4v) is 3.26. The maximum absolute atomic E-state index is 9.76.